The quantitative estimate of drug-likeness (QED) is 0.647. The third-order valence-corrected chi connectivity index (χ3v) is 5.17. The van der Waals surface area contributed by atoms with Crippen LogP contribution in [0.1, 0.15) is 46.0 Å². The minimum Gasteiger partial charge on any atom is -0.494 e. The van der Waals surface area contributed by atoms with Gasteiger partial charge in [0, 0.05) is 6.54 Å². The fourth-order valence-corrected chi connectivity index (χ4v) is 3.24. The normalized spacial score (nSPS) is 15.0. The molecule has 7 heteroatoms. The molecular formula is C21H32FNO5. The monoisotopic (exact) mass is 397 g/mol. The SMILES string of the molecule is CCC(CC)CN1CCC(CCOc2ccc(F)cc2)CC1.O=C(O)C(=O)O. The highest BCUT2D eigenvalue weighted by Gasteiger charge is 2.20. The van der Waals surface area contributed by atoms with Crippen molar-refractivity contribution in [1.29, 1.82) is 0 Å². The van der Waals surface area contributed by atoms with E-state index in [1.807, 2.05) is 0 Å². The van der Waals surface area contributed by atoms with Gasteiger partial charge in [0.15, 0.2) is 0 Å². The van der Waals surface area contributed by atoms with Crippen LogP contribution in [0.15, 0.2) is 24.3 Å². The summed E-state index contributed by atoms with van der Waals surface area (Å²) in [5.74, 6) is -1.45. The van der Waals surface area contributed by atoms with E-state index in [1.54, 1.807) is 12.1 Å². The van der Waals surface area contributed by atoms with Crippen LogP contribution in [0.4, 0.5) is 4.39 Å². The number of aliphatic carboxylic acids is 2. The lowest BCUT2D eigenvalue weighted by atomic mass is 9.92. The van der Waals surface area contributed by atoms with E-state index >= 15 is 0 Å². The van der Waals surface area contributed by atoms with Crippen molar-refractivity contribution >= 4 is 11.9 Å². The van der Waals surface area contributed by atoms with Gasteiger partial charge in [0.1, 0.15) is 11.6 Å². The van der Waals surface area contributed by atoms with E-state index in [4.69, 9.17) is 24.5 Å². The maximum Gasteiger partial charge on any atom is 0.414 e. The van der Waals surface area contributed by atoms with Crippen LogP contribution < -0.4 is 4.74 Å². The predicted octanol–water partition coefficient (Wildman–Crippen LogP) is 3.90. The third-order valence-electron chi connectivity index (χ3n) is 5.17. The second-order valence-electron chi connectivity index (χ2n) is 7.13. The Morgan fingerprint density at radius 1 is 1.11 bits per heavy atom. The van der Waals surface area contributed by atoms with Crippen LogP contribution in [-0.4, -0.2) is 53.3 Å². The lowest BCUT2D eigenvalue weighted by Crippen LogP contribution is -2.37. The number of carboxylic acid groups (broad SMARTS) is 2. The van der Waals surface area contributed by atoms with Crippen LogP contribution in [0.25, 0.3) is 0 Å². The van der Waals surface area contributed by atoms with Gasteiger partial charge in [-0.3, -0.25) is 0 Å². The summed E-state index contributed by atoms with van der Waals surface area (Å²) in [5.41, 5.74) is 0. The zero-order chi connectivity index (χ0) is 20.9. The van der Waals surface area contributed by atoms with E-state index in [2.05, 4.69) is 18.7 Å². The Morgan fingerprint density at radius 2 is 1.64 bits per heavy atom. The Labute approximate surface area is 166 Å². The number of carboxylic acids is 2. The van der Waals surface area contributed by atoms with Crippen LogP contribution >= 0.6 is 0 Å². The van der Waals surface area contributed by atoms with Gasteiger partial charge in [-0.1, -0.05) is 26.7 Å². The van der Waals surface area contributed by atoms with Crippen molar-refractivity contribution in [3.05, 3.63) is 30.1 Å². The number of hydrogen-bond donors (Lipinski definition) is 2. The lowest BCUT2D eigenvalue weighted by molar-refractivity contribution is -0.159. The molecule has 0 radical (unpaired) electrons. The molecule has 0 saturated carbocycles. The first-order valence-electron chi connectivity index (χ1n) is 9.92. The molecule has 0 amide bonds. The minimum absolute atomic E-state index is 0.211. The second kappa shape index (κ2) is 13.1. The molecule has 0 spiro atoms. The molecule has 0 unspecified atom stereocenters. The molecule has 1 aliphatic rings. The van der Waals surface area contributed by atoms with E-state index in [-0.39, 0.29) is 5.82 Å². The molecule has 2 N–H and O–H groups in total. The molecule has 1 aliphatic heterocycles. The Kier molecular flexibility index (Phi) is 11.2. The van der Waals surface area contributed by atoms with Crippen molar-refractivity contribution < 1.29 is 28.9 Å². The van der Waals surface area contributed by atoms with Crippen molar-refractivity contribution in [2.24, 2.45) is 11.8 Å². The molecule has 1 saturated heterocycles. The number of carbonyl (C=O) groups is 2. The Bertz CT molecular complexity index is 569. The van der Waals surface area contributed by atoms with Gasteiger partial charge >= 0.3 is 11.9 Å². The zero-order valence-electron chi connectivity index (χ0n) is 16.8. The Morgan fingerprint density at radius 3 is 2.11 bits per heavy atom. The molecule has 2 rings (SSSR count). The van der Waals surface area contributed by atoms with Gasteiger partial charge in [-0.2, -0.15) is 0 Å². The van der Waals surface area contributed by atoms with Crippen LogP contribution in [0.2, 0.25) is 0 Å². The lowest BCUT2D eigenvalue weighted by Gasteiger charge is -2.34. The number of halogens is 1. The number of benzene rings is 1. The summed E-state index contributed by atoms with van der Waals surface area (Å²) >= 11 is 0. The second-order valence-corrected chi connectivity index (χ2v) is 7.13. The molecule has 0 bridgehead atoms. The fourth-order valence-electron chi connectivity index (χ4n) is 3.24. The molecule has 1 fully saturated rings. The number of rotatable bonds is 8. The van der Waals surface area contributed by atoms with Gasteiger partial charge in [-0.15, -0.1) is 0 Å². The summed E-state index contributed by atoms with van der Waals surface area (Å²) < 4.78 is 18.5. The summed E-state index contributed by atoms with van der Waals surface area (Å²) in [6.45, 7) is 9.07. The molecule has 1 aromatic rings. The number of piperidine rings is 1. The van der Waals surface area contributed by atoms with E-state index < -0.39 is 11.9 Å². The van der Waals surface area contributed by atoms with Crippen molar-refractivity contribution in [3.8, 4) is 5.75 Å². The van der Waals surface area contributed by atoms with E-state index in [9.17, 15) is 4.39 Å². The average Bonchev–Trinajstić information content (AvgIpc) is 2.69. The Hall–Kier alpha value is -2.15. The summed E-state index contributed by atoms with van der Waals surface area (Å²) in [6.07, 6.45) is 6.26. The maximum absolute atomic E-state index is 12.8. The van der Waals surface area contributed by atoms with Crippen LogP contribution in [0.3, 0.4) is 0 Å². The van der Waals surface area contributed by atoms with Crippen molar-refractivity contribution in [3.63, 3.8) is 0 Å². The van der Waals surface area contributed by atoms with Gasteiger partial charge in [-0.25, -0.2) is 14.0 Å². The first-order chi connectivity index (χ1) is 13.3. The highest BCUT2D eigenvalue weighted by Crippen LogP contribution is 2.23. The first-order valence-corrected chi connectivity index (χ1v) is 9.92. The minimum atomic E-state index is -1.82. The number of likely N-dealkylation sites (tertiary alicyclic amines) is 1. The largest absolute Gasteiger partial charge is 0.494 e. The first kappa shape index (κ1) is 23.9. The van der Waals surface area contributed by atoms with Crippen molar-refractivity contribution in [2.45, 2.75) is 46.0 Å². The average molecular weight is 397 g/mol. The summed E-state index contributed by atoms with van der Waals surface area (Å²) in [7, 11) is 0. The van der Waals surface area contributed by atoms with Crippen LogP contribution in [0, 0.1) is 17.7 Å². The molecule has 0 aromatic heterocycles. The fraction of sp³-hybridized carbons (Fsp3) is 0.619. The van der Waals surface area contributed by atoms with Crippen molar-refractivity contribution in [2.75, 3.05) is 26.2 Å². The summed E-state index contributed by atoms with van der Waals surface area (Å²) in [4.78, 5) is 20.8. The molecule has 158 valence electrons. The van der Waals surface area contributed by atoms with Crippen LogP contribution in [0.5, 0.6) is 5.75 Å². The van der Waals surface area contributed by atoms with Gasteiger partial charge in [-0.05, 0) is 68.5 Å². The Balaban J connectivity index is 0.000000568. The van der Waals surface area contributed by atoms with Gasteiger partial charge < -0.3 is 19.8 Å². The molecule has 1 heterocycles. The van der Waals surface area contributed by atoms with Gasteiger partial charge in [0.2, 0.25) is 0 Å². The molecule has 0 atom stereocenters. The van der Waals surface area contributed by atoms with Crippen molar-refractivity contribution in [1.82, 2.24) is 4.90 Å². The van der Waals surface area contributed by atoms with E-state index in [0.717, 1.165) is 30.6 Å². The van der Waals surface area contributed by atoms with Crippen LogP contribution in [-0.2, 0) is 9.59 Å². The van der Waals surface area contributed by atoms with Gasteiger partial charge in [0.25, 0.3) is 0 Å². The topological polar surface area (TPSA) is 87.1 Å². The van der Waals surface area contributed by atoms with E-state index in [1.165, 1.54) is 57.5 Å². The predicted molar refractivity (Wildman–Crippen MR) is 105 cm³/mol. The molecule has 6 nitrogen and oxygen atoms in total. The zero-order valence-corrected chi connectivity index (χ0v) is 16.8. The van der Waals surface area contributed by atoms with Gasteiger partial charge in [0.05, 0.1) is 6.61 Å². The van der Waals surface area contributed by atoms with E-state index in [0.29, 0.717) is 0 Å². The maximum atomic E-state index is 12.8. The summed E-state index contributed by atoms with van der Waals surface area (Å²) in [6, 6.07) is 6.30. The smallest absolute Gasteiger partial charge is 0.414 e. The molecule has 28 heavy (non-hydrogen) atoms. The molecular weight excluding hydrogens is 365 g/mol. The molecule has 1 aromatic carbocycles. The summed E-state index contributed by atoms with van der Waals surface area (Å²) in [5, 5.41) is 14.8. The number of hydrogen-bond acceptors (Lipinski definition) is 4. The molecule has 0 aliphatic carbocycles. The number of ether oxygens (including phenoxy) is 1. The number of nitrogens with zero attached hydrogens (tertiary/aromatic N) is 1. The highest BCUT2D eigenvalue weighted by atomic mass is 19.1. The third kappa shape index (κ3) is 9.69. The highest BCUT2D eigenvalue weighted by molar-refractivity contribution is 6.27. The standard InChI is InChI=1S/C19H30FNO.C2H2O4/c1-3-16(4-2)15-21-12-9-17(10-13-21)11-14-22-19-7-5-18(20)6-8-19;3-1(4)2(5)6/h5-8,16-17H,3-4,9-15H2,1-2H3;(H,3,4)(H,5,6).